The standard InChI is InChI=1S/C14H11ClF3N3/c15-10-4-2-1-3-8(10)5-12-20-11-7-19-6-9(11)13(21-12)14(16,17)18/h1-4,19H,5-7H2. The third-order valence-electron chi connectivity index (χ3n) is 3.31. The Morgan fingerprint density at radius 1 is 1.14 bits per heavy atom. The van der Waals surface area contributed by atoms with Crippen molar-refractivity contribution < 1.29 is 13.2 Å². The lowest BCUT2D eigenvalue weighted by Gasteiger charge is -2.12. The largest absolute Gasteiger partial charge is 0.433 e. The third kappa shape index (κ3) is 2.87. The molecule has 3 rings (SSSR count). The van der Waals surface area contributed by atoms with Gasteiger partial charge in [-0.15, -0.1) is 0 Å². The summed E-state index contributed by atoms with van der Waals surface area (Å²) >= 11 is 6.03. The molecule has 0 bridgehead atoms. The molecule has 0 spiro atoms. The van der Waals surface area contributed by atoms with Crippen LogP contribution in [0.25, 0.3) is 0 Å². The molecule has 0 aliphatic carbocycles. The molecule has 0 amide bonds. The zero-order valence-corrected chi connectivity index (χ0v) is 11.6. The number of fused-ring (bicyclic) bond motifs is 1. The number of benzene rings is 1. The molecule has 1 aromatic heterocycles. The van der Waals surface area contributed by atoms with Gasteiger partial charge in [-0.25, -0.2) is 9.97 Å². The van der Waals surface area contributed by atoms with Crippen LogP contribution in [0.3, 0.4) is 0 Å². The Labute approximate surface area is 124 Å². The van der Waals surface area contributed by atoms with Crippen LogP contribution in [0.15, 0.2) is 24.3 Å². The highest BCUT2D eigenvalue weighted by atomic mass is 35.5. The fourth-order valence-electron chi connectivity index (χ4n) is 2.34. The maximum Gasteiger partial charge on any atom is 0.433 e. The molecule has 3 nitrogen and oxygen atoms in total. The minimum absolute atomic E-state index is 0.137. The molecule has 7 heteroatoms. The van der Waals surface area contributed by atoms with Crippen LogP contribution in [0.1, 0.15) is 28.3 Å². The van der Waals surface area contributed by atoms with Gasteiger partial charge >= 0.3 is 6.18 Å². The lowest BCUT2D eigenvalue weighted by molar-refractivity contribution is -0.142. The fourth-order valence-corrected chi connectivity index (χ4v) is 2.55. The van der Waals surface area contributed by atoms with Gasteiger partial charge in [0.2, 0.25) is 0 Å². The average molecular weight is 314 g/mol. The molecule has 0 saturated heterocycles. The van der Waals surface area contributed by atoms with Crippen molar-refractivity contribution in [2.45, 2.75) is 25.7 Å². The number of hydrogen-bond donors (Lipinski definition) is 1. The van der Waals surface area contributed by atoms with E-state index in [4.69, 9.17) is 11.6 Å². The molecule has 110 valence electrons. The maximum absolute atomic E-state index is 13.1. The molecule has 21 heavy (non-hydrogen) atoms. The summed E-state index contributed by atoms with van der Waals surface area (Å²) in [7, 11) is 0. The maximum atomic E-state index is 13.1. The van der Waals surface area contributed by atoms with Crippen LogP contribution in [0.5, 0.6) is 0 Å². The lowest BCUT2D eigenvalue weighted by Crippen LogP contribution is -2.16. The molecule has 1 aliphatic rings. The van der Waals surface area contributed by atoms with E-state index in [0.29, 0.717) is 22.8 Å². The van der Waals surface area contributed by atoms with Gasteiger partial charge in [-0.1, -0.05) is 29.8 Å². The van der Waals surface area contributed by atoms with Gasteiger partial charge in [-0.3, -0.25) is 0 Å². The summed E-state index contributed by atoms with van der Waals surface area (Å²) in [6, 6.07) is 6.99. The first kappa shape index (κ1) is 14.3. The van der Waals surface area contributed by atoms with E-state index in [-0.39, 0.29) is 24.4 Å². The van der Waals surface area contributed by atoms with Crippen LogP contribution in [-0.2, 0) is 25.7 Å². The van der Waals surface area contributed by atoms with Crippen molar-refractivity contribution in [2.24, 2.45) is 0 Å². The average Bonchev–Trinajstić information content (AvgIpc) is 2.87. The zero-order chi connectivity index (χ0) is 15.0. The SMILES string of the molecule is FC(F)(F)c1nc(Cc2ccccc2Cl)nc2c1CNC2. The minimum atomic E-state index is -4.48. The molecule has 0 saturated carbocycles. The Bertz CT molecular complexity index is 686. The summed E-state index contributed by atoms with van der Waals surface area (Å²) in [5, 5.41) is 3.37. The summed E-state index contributed by atoms with van der Waals surface area (Å²) in [6.45, 7) is 0.479. The van der Waals surface area contributed by atoms with Crippen LogP contribution >= 0.6 is 11.6 Å². The Balaban J connectivity index is 2.03. The number of nitrogens with one attached hydrogen (secondary N) is 1. The Morgan fingerprint density at radius 2 is 1.90 bits per heavy atom. The second kappa shape index (κ2) is 5.27. The molecule has 1 N–H and O–H groups in total. The second-order valence-corrected chi connectivity index (χ2v) is 5.19. The van der Waals surface area contributed by atoms with Crippen LogP contribution in [0.4, 0.5) is 13.2 Å². The highest BCUT2D eigenvalue weighted by Gasteiger charge is 2.38. The molecular formula is C14H11ClF3N3. The van der Waals surface area contributed by atoms with E-state index in [1.165, 1.54) is 0 Å². The highest BCUT2D eigenvalue weighted by Crippen LogP contribution is 2.33. The van der Waals surface area contributed by atoms with Crippen molar-refractivity contribution in [3.63, 3.8) is 0 Å². The summed E-state index contributed by atoms with van der Waals surface area (Å²) < 4.78 is 39.3. The van der Waals surface area contributed by atoms with E-state index < -0.39 is 11.9 Å². The van der Waals surface area contributed by atoms with Crippen molar-refractivity contribution in [1.82, 2.24) is 15.3 Å². The van der Waals surface area contributed by atoms with Crippen LogP contribution in [0, 0.1) is 0 Å². The van der Waals surface area contributed by atoms with Gasteiger partial charge in [0.05, 0.1) is 5.69 Å². The van der Waals surface area contributed by atoms with Gasteiger partial charge in [-0.05, 0) is 11.6 Å². The zero-order valence-electron chi connectivity index (χ0n) is 10.8. The number of aromatic nitrogens is 2. The minimum Gasteiger partial charge on any atom is -0.307 e. The molecule has 0 fully saturated rings. The predicted octanol–water partition coefficient (Wildman–Crippen LogP) is 3.34. The molecule has 0 atom stereocenters. The molecule has 0 unspecified atom stereocenters. The summed E-state index contributed by atoms with van der Waals surface area (Å²) in [5.74, 6) is 0.137. The first-order valence-corrected chi connectivity index (χ1v) is 6.73. The number of hydrogen-bond acceptors (Lipinski definition) is 3. The number of halogens is 4. The number of alkyl halides is 3. The molecule has 1 aliphatic heterocycles. The van der Waals surface area contributed by atoms with Crippen molar-refractivity contribution in [3.05, 3.63) is 57.6 Å². The molecule has 0 radical (unpaired) electrons. The lowest BCUT2D eigenvalue weighted by atomic mass is 10.1. The number of rotatable bonds is 2. The molecule has 1 aromatic carbocycles. The summed E-state index contributed by atoms with van der Waals surface area (Å²) in [4.78, 5) is 7.95. The quantitative estimate of drug-likeness (QED) is 0.924. The van der Waals surface area contributed by atoms with E-state index in [0.717, 1.165) is 0 Å². The predicted molar refractivity (Wildman–Crippen MR) is 71.8 cm³/mol. The van der Waals surface area contributed by atoms with E-state index in [1.807, 2.05) is 0 Å². The summed E-state index contributed by atoms with van der Waals surface area (Å²) in [6.07, 6.45) is -4.30. The fraction of sp³-hybridized carbons (Fsp3) is 0.286. The van der Waals surface area contributed by atoms with E-state index >= 15 is 0 Å². The topological polar surface area (TPSA) is 37.8 Å². The Kier molecular flexibility index (Phi) is 3.59. The Morgan fingerprint density at radius 3 is 2.62 bits per heavy atom. The van der Waals surface area contributed by atoms with Gasteiger partial charge < -0.3 is 5.32 Å². The monoisotopic (exact) mass is 313 g/mol. The molecular weight excluding hydrogens is 303 g/mol. The van der Waals surface area contributed by atoms with Crippen LogP contribution in [0.2, 0.25) is 5.02 Å². The van der Waals surface area contributed by atoms with Gasteiger partial charge in [-0.2, -0.15) is 13.2 Å². The molecule has 2 aromatic rings. The molecule has 2 heterocycles. The van der Waals surface area contributed by atoms with Crippen molar-refractivity contribution in [2.75, 3.05) is 0 Å². The van der Waals surface area contributed by atoms with Gasteiger partial charge in [0.25, 0.3) is 0 Å². The van der Waals surface area contributed by atoms with Crippen LogP contribution in [-0.4, -0.2) is 9.97 Å². The van der Waals surface area contributed by atoms with Crippen LogP contribution < -0.4 is 5.32 Å². The van der Waals surface area contributed by atoms with Gasteiger partial charge in [0.15, 0.2) is 5.69 Å². The Hall–Kier alpha value is -1.66. The van der Waals surface area contributed by atoms with Crippen molar-refractivity contribution in [1.29, 1.82) is 0 Å². The summed E-state index contributed by atoms with van der Waals surface area (Å²) in [5.41, 5.74) is 0.419. The van der Waals surface area contributed by atoms with Gasteiger partial charge in [0.1, 0.15) is 5.82 Å². The second-order valence-electron chi connectivity index (χ2n) is 4.78. The van der Waals surface area contributed by atoms with Crippen molar-refractivity contribution >= 4 is 11.6 Å². The van der Waals surface area contributed by atoms with Crippen molar-refractivity contribution in [3.8, 4) is 0 Å². The van der Waals surface area contributed by atoms with E-state index in [2.05, 4.69) is 15.3 Å². The highest BCUT2D eigenvalue weighted by molar-refractivity contribution is 6.31. The smallest absolute Gasteiger partial charge is 0.307 e. The van der Waals surface area contributed by atoms with E-state index in [9.17, 15) is 13.2 Å². The van der Waals surface area contributed by atoms with Gasteiger partial charge in [0, 0.05) is 30.1 Å². The first-order valence-electron chi connectivity index (χ1n) is 6.35. The third-order valence-corrected chi connectivity index (χ3v) is 3.68. The number of nitrogens with zero attached hydrogens (tertiary/aromatic N) is 2. The van der Waals surface area contributed by atoms with E-state index in [1.54, 1.807) is 24.3 Å². The first-order chi connectivity index (χ1) is 9.95. The normalized spacial score (nSPS) is 14.3.